The summed E-state index contributed by atoms with van der Waals surface area (Å²) < 4.78 is 5.59. The lowest BCUT2D eigenvalue weighted by molar-refractivity contribution is -0.178. The number of aliphatic hydroxyl groups is 1. The number of hydrogen-bond acceptors (Lipinski definition) is 4. The third-order valence-corrected chi connectivity index (χ3v) is 5.51. The van der Waals surface area contributed by atoms with Gasteiger partial charge in [0.25, 0.3) is 0 Å². The van der Waals surface area contributed by atoms with Gasteiger partial charge in [-0.2, -0.15) is 0 Å². The lowest BCUT2D eigenvalue weighted by atomic mass is 9.73. The van der Waals surface area contributed by atoms with Crippen molar-refractivity contribution in [1.82, 2.24) is 4.90 Å². The van der Waals surface area contributed by atoms with Crippen LogP contribution in [0.2, 0.25) is 0 Å². The molecule has 0 amide bonds. The zero-order chi connectivity index (χ0) is 19.7. The van der Waals surface area contributed by atoms with Crippen LogP contribution in [0.15, 0.2) is 30.3 Å². The van der Waals surface area contributed by atoms with Gasteiger partial charge in [0.1, 0.15) is 0 Å². The van der Waals surface area contributed by atoms with Gasteiger partial charge in [0.15, 0.2) is 11.7 Å². The molecule has 1 aliphatic carbocycles. The van der Waals surface area contributed by atoms with Gasteiger partial charge in [-0.05, 0) is 38.4 Å². The van der Waals surface area contributed by atoms with Crippen molar-refractivity contribution in [2.75, 3.05) is 19.6 Å². The molecule has 156 valence electrons. The summed E-state index contributed by atoms with van der Waals surface area (Å²) in [6.07, 6.45) is 4.35. The quantitative estimate of drug-likeness (QED) is 0.544. The second kappa shape index (κ2) is 12.1. The molecule has 0 radical (unpaired) electrons. The van der Waals surface area contributed by atoms with E-state index < -0.39 is 17.7 Å². The Morgan fingerprint density at radius 1 is 1.21 bits per heavy atom. The normalized spacial score (nSPS) is 17.6. The van der Waals surface area contributed by atoms with E-state index in [0.29, 0.717) is 12.1 Å². The molecule has 1 N–H and O–H groups in total. The minimum atomic E-state index is -1.60. The zero-order valence-corrected chi connectivity index (χ0v) is 18.1. The molecule has 1 aromatic carbocycles. The van der Waals surface area contributed by atoms with Gasteiger partial charge in [0.2, 0.25) is 0 Å². The van der Waals surface area contributed by atoms with Crippen LogP contribution in [0.1, 0.15) is 58.4 Å². The lowest BCUT2D eigenvalue weighted by Crippen LogP contribution is -2.46. The van der Waals surface area contributed by atoms with Gasteiger partial charge < -0.3 is 9.84 Å². The number of benzene rings is 1. The first kappa shape index (κ1) is 24.5. The van der Waals surface area contributed by atoms with Crippen LogP contribution in [0, 0.1) is 17.8 Å². The number of esters is 1. The molecule has 0 spiro atoms. The fraction of sp³-hybridized carbons (Fsp3) is 0.609. The molecule has 1 aromatic rings. The highest BCUT2D eigenvalue weighted by Crippen LogP contribution is 2.40. The number of rotatable bonds is 7. The maximum absolute atomic E-state index is 13.0. The number of carbonyl (C=O) groups is 1. The van der Waals surface area contributed by atoms with Crippen molar-refractivity contribution >= 4 is 18.4 Å². The summed E-state index contributed by atoms with van der Waals surface area (Å²) in [5.41, 5.74) is -0.985. The summed E-state index contributed by atoms with van der Waals surface area (Å²) in [5, 5.41) is 11.5. The summed E-state index contributed by atoms with van der Waals surface area (Å²) >= 11 is 0. The van der Waals surface area contributed by atoms with Crippen LogP contribution in [0.4, 0.5) is 0 Å². The van der Waals surface area contributed by atoms with E-state index in [2.05, 4.69) is 30.6 Å². The van der Waals surface area contributed by atoms with Gasteiger partial charge in [0.05, 0.1) is 6.54 Å². The molecule has 2 atom stereocenters. The number of ether oxygens (including phenoxy) is 1. The van der Waals surface area contributed by atoms with Gasteiger partial charge >= 0.3 is 5.97 Å². The minimum Gasteiger partial charge on any atom is -0.447 e. The molecule has 0 aliphatic heterocycles. The fourth-order valence-electron chi connectivity index (χ4n) is 3.76. The summed E-state index contributed by atoms with van der Waals surface area (Å²) in [4.78, 5) is 15.2. The number of hydrogen-bond donors (Lipinski definition) is 1. The van der Waals surface area contributed by atoms with Gasteiger partial charge in [-0.15, -0.1) is 12.4 Å². The molecule has 5 heteroatoms. The van der Waals surface area contributed by atoms with Crippen LogP contribution in [0.5, 0.6) is 0 Å². The first-order valence-corrected chi connectivity index (χ1v) is 10.2. The van der Waals surface area contributed by atoms with Gasteiger partial charge in [0, 0.05) is 5.92 Å². The molecule has 2 unspecified atom stereocenters. The maximum atomic E-state index is 13.0. The predicted octanol–water partition coefficient (Wildman–Crippen LogP) is 4.15. The van der Waals surface area contributed by atoms with Crippen LogP contribution >= 0.6 is 12.4 Å². The van der Waals surface area contributed by atoms with Crippen LogP contribution in [-0.2, 0) is 15.1 Å². The van der Waals surface area contributed by atoms with Crippen molar-refractivity contribution in [3.05, 3.63) is 35.9 Å². The lowest BCUT2D eigenvalue weighted by Gasteiger charge is -2.37. The van der Waals surface area contributed by atoms with Crippen LogP contribution in [-0.4, -0.2) is 41.7 Å². The highest BCUT2D eigenvalue weighted by atomic mass is 35.5. The van der Waals surface area contributed by atoms with E-state index in [1.807, 2.05) is 30.3 Å². The van der Waals surface area contributed by atoms with E-state index in [0.717, 1.165) is 45.2 Å². The average Bonchev–Trinajstić information content (AvgIpc) is 2.71. The van der Waals surface area contributed by atoms with E-state index in [4.69, 9.17) is 4.74 Å². The Morgan fingerprint density at radius 2 is 1.82 bits per heavy atom. The summed E-state index contributed by atoms with van der Waals surface area (Å²) in [7, 11) is 0. The van der Waals surface area contributed by atoms with Crippen LogP contribution < -0.4 is 0 Å². The summed E-state index contributed by atoms with van der Waals surface area (Å²) in [6, 6.07) is 9.21. The van der Waals surface area contributed by atoms with Crippen molar-refractivity contribution in [1.29, 1.82) is 0 Å². The van der Waals surface area contributed by atoms with Crippen molar-refractivity contribution in [2.24, 2.45) is 5.92 Å². The second-order valence-electron chi connectivity index (χ2n) is 7.30. The van der Waals surface area contributed by atoms with Crippen molar-refractivity contribution in [3.63, 3.8) is 0 Å². The Hall–Kier alpha value is -1.54. The third-order valence-electron chi connectivity index (χ3n) is 5.51. The number of nitrogens with zero attached hydrogens (tertiary/aromatic N) is 1. The predicted molar refractivity (Wildman–Crippen MR) is 115 cm³/mol. The molecule has 4 nitrogen and oxygen atoms in total. The third kappa shape index (κ3) is 6.24. The standard InChI is InChI=1S/C23H33NO3.ClH/c1-4-24(5-2)18-12-13-19(3)27-22(25)23(26,20-14-8-6-9-15-20)21-16-10-7-11-17-21;/h6,8-9,14-15,19,21,26H,4-5,7,10-11,16-18H2,1-3H3;1H. The maximum Gasteiger partial charge on any atom is 0.344 e. The molecule has 0 bridgehead atoms. The molecule has 0 saturated heterocycles. The van der Waals surface area contributed by atoms with Gasteiger partial charge in [-0.1, -0.05) is 75.3 Å². The van der Waals surface area contributed by atoms with Crippen molar-refractivity contribution < 1.29 is 14.6 Å². The van der Waals surface area contributed by atoms with E-state index in [1.165, 1.54) is 0 Å². The smallest absolute Gasteiger partial charge is 0.344 e. The Labute approximate surface area is 176 Å². The fourth-order valence-corrected chi connectivity index (χ4v) is 3.76. The Kier molecular flexibility index (Phi) is 10.6. The first-order valence-electron chi connectivity index (χ1n) is 10.2. The monoisotopic (exact) mass is 407 g/mol. The van der Waals surface area contributed by atoms with Crippen molar-refractivity contribution in [2.45, 2.75) is 64.6 Å². The molecule has 1 saturated carbocycles. The molecular weight excluding hydrogens is 374 g/mol. The Bertz CT molecular complexity index is 645. The zero-order valence-electron chi connectivity index (χ0n) is 17.3. The SMILES string of the molecule is CCN(CC)CC#CC(C)OC(=O)C(O)(c1ccccc1)C1CCCCC1.Cl. The number of carbonyl (C=O) groups excluding carboxylic acids is 1. The second-order valence-corrected chi connectivity index (χ2v) is 7.30. The molecule has 2 rings (SSSR count). The highest BCUT2D eigenvalue weighted by Gasteiger charge is 2.47. The van der Waals surface area contributed by atoms with Gasteiger partial charge in [-0.3, -0.25) is 4.90 Å². The molecule has 28 heavy (non-hydrogen) atoms. The average molecular weight is 408 g/mol. The largest absolute Gasteiger partial charge is 0.447 e. The Morgan fingerprint density at radius 3 is 2.39 bits per heavy atom. The van der Waals surface area contributed by atoms with E-state index in [9.17, 15) is 9.90 Å². The number of halogens is 1. The molecule has 1 aliphatic rings. The summed E-state index contributed by atoms with van der Waals surface area (Å²) in [5.74, 6) is 5.38. The van der Waals surface area contributed by atoms with Crippen LogP contribution in [0.25, 0.3) is 0 Å². The first-order chi connectivity index (χ1) is 13.0. The highest BCUT2D eigenvalue weighted by molar-refractivity contribution is 5.85. The molecule has 0 heterocycles. The van der Waals surface area contributed by atoms with Crippen LogP contribution in [0.3, 0.4) is 0 Å². The Balaban J connectivity index is 0.00000392. The molecule has 1 fully saturated rings. The topological polar surface area (TPSA) is 49.8 Å². The summed E-state index contributed by atoms with van der Waals surface area (Å²) in [6.45, 7) is 8.49. The van der Waals surface area contributed by atoms with E-state index >= 15 is 0 Å². The molecule has 0 aromatic heterocycles. The molecular formula is C23H34ClNO3. The van der Waals surface area contributed by atoms with E-state index in [-0.39, 0.29) is 18.3 Å². The van der Waals surface area contributed by atoms with Crippen molar-refractivity contribution in [3.8, 4) is 11.8 Å². The minimum absolute atomic E-state index is 0. The van der Waals surface area contributed by atoms with Gasteiger partial charge in [-0.25, -0.2) is 4.79 Å². The van der Waals surface area contributed by atoms with E-state index in [1.54, 1.807) is 6.92 Å².